The minimum atomic E-state index is -2.91. The van der Waals surface area contributed by atoms with Gasteiger partial charge in [0.15, 0.2) is 5.96 Å². The number of guanidine groups is 1. The Morgan fingerprint density at radius 1 is 1.15 bits per heavy atom. The van der Waals surface area contributed by atoms with Crippen LogP contribution in [0.5, 0.6) is 5.75 Å². The normalized spacial score (nSPS) is 10.7. The summed E-state index contributed by atoms with van der Waals surface area (Å²) in [5.74, 6) is -0.0283. The minimum absolute atomic E-state index is 0. The second-order valence-corrected chi connectivity index (χ2v) is 5.18. The van der Waals surface area contributed by atoms with Crippen molar-refractivity contribution < 1.29 is 17.9 Å². The van der Waals surface area contributed by atoms with Gasteiger partial charge in [0.05, 0.1) is 11.6 Å². The molecule has 0 aliphatic rings. The summed E-state index contributed by atoms with van der Waals surface area (Å²) in [6, 6.07) is 12.4. The fourth-order valence-electron chi connectivity index (χ4n) is 2.22. The smallest absolute Gasteiger partial charge is 0.387 e. The van der Waals surface area contributed by atoms with Crippen LogP contribution >= 0.6 is 24.0 Å². The Balaban J connectivity index is 0.00000364. The van der Waals surface area contributed by atoms with E-state index in [0.29, 0.717) is 22.6 Å². The number of rotatable bonds is 6. The molecule has 0 unspecified atom stereocenters. The molecule has 0 heterocycles. The first-order chi connectivity index (χ1) is 12.5. The van der Waals surface area contributed by atoms with Crippen molar-refractivity contribution in [2.75, 3.05) is 7.05 Å². The molecule has 0 atom stereocenters. The Hall–Kier alpha value is -2.48. The topological polar surface area (TPSA) is 69.4 Å². The zero-order valence-electron chi connectivity index (χ0n) is 14.4. The first-order valence-corrected chi connectivity index (χ1v) is 7.69. The number of nitrogens with one attached hydrogen (secondary N) is 2. The van der Waals surface area contributed by atoms with Crippen molar-refractivity contribution in [1.29, 1.82) is 5.26 Å². The first-order valence-electron chi connectivity index (χ1n) is 7.69. The van der Waals surface area contributed by atoms with Crippen molar-refractivity contribution in [3.05, 3.63) is 65.0 Å². The molecule has 2 aromatic rings. The average Bonchev–Trinajstić information content (AvgIpc) is 2.64. The summed E-state index contributed by atoms with van der Waals surface area (Å²) in [5, 5.41) is 14.7. The molecule has 0 aromatic heterocycles. The average molecular weight is 490 g/mol. The van der Waals surface area contributed by atoms with Gasteiger partial charge in [0, 0.05) is 31.3 Å². The molecule has 0 saturated heterocycles. The van der Waals surface area contributed by atoms with Gasteiger partial charge in [0.1, 0.15) is 11.6 Å². The highest BCUT2D eigenvalue weighted by Gasteiger charge is 2.10. The molecule has 0 saturated carbocycles. The van der Waals surface area contributed by atoms with Gasteiger partial charge in [0.25, 0.3) is 0 Å². The summed E-state index contributed by atoms with van der Waals surface area (Å²) in [5.41, 5.74) is 1.19. The zero-order valence-corrected chi connectivity index (χ0v) is 16.7. The van der Waals surface area contributed by atoms with Gasteiger partial charge in [-0.2, -0.15) is 14.0 Å². The van der Waals surface area contributed by atoms with Gasteiger partial charge in [0.2, 0.25) is 0 Å². The molecule has 0 spiro atoms. The Kier molecular flexibility index (Phi) is 9.42. The van der Waals surface area contributed by atoms with E-state index in [9.17, 15) is 13.2 Å². The van der Waals surface area contributed by atoms with E-state index < -0.39 is 12.4 Å². The van der Waals surface area contributed by atoms with E-state index >= 15 is 0 Å². The SMILES string of the molecule is CN=C(NCc1cc(C#N)ccc1F)NCc1ccccc1OC(F)F.I. The molecule has 2 N–H and O–H groups in total. The van der Waals surface area contributed by atoms with E-state index in [2.05, 4.69) is 20.4 Å². The summed E-state index contributed by atoms with van der Waals surface area (Å²) < 4.78 is 43.1. The molecule has 0 amide bonds. The third-order valence-electron chi connectivity index (χ3n) is 3.48. The van der Waals surface area contributed by atoms with Gasteiger partial charge >= 0.3 is 6.61 Å². The molecule has 0 bridgehead atoms. The van der Waals surface area contributed by atoms with E-state index in [4.69, 9.17) is 5.26 Å². The summed E-state index contributed by atoms with van der Waals surface area (Å²) >= 11 is 0. The van der Waals surface area contributed by atoms with Crippen molar-refractivity contribution >= 4 is 29.9 Å². The maximum atomic E-state index is 13.8. The van der Waals surface area contributed by atoms with Crippen molar-refractivity contribution in [2.24, 2.45) is 4.99 Å². The second kappa shape index (κ2) is 11.3. The van der Waals surface area contributed by atoms with Crippen molar-refractivity contribution in [1.82, 2.24) is 10.6 Å². The standard InChI is InChI=1S/C18H17F3N4O.HI/c1-23-18(25-11-14-8-12(9-22)6-7-15(14)19)24-10-13-4-2-3-5-16(13)26-17(20)21;/h2-8,17H,10-11H2,1H3,(H2,23,24,25);1H. The van der Waals surface area contributed by atoms with Gasteiger partial charge in [-0.05, 0) is 24.3 Å². The van der Waals surface area contributed by atoms with E-state index in [1.54, 1.807) is 18.2 Å². The van der Waals surface area contributed by atoms with Gasteiger partial charge in [-0.1, -0.05) is 18.2 Å². The van der Waals surface area contributed by atoms with Gasteiger partial charge < -0.3 is 15.4 Å². The van der Waals surface area contributed by atoms with Crippen molar-refractivity contribution in [2.45, 2.75) is 19.7 Å². The van der Waals surface area contributed by atoms with E-state index in [-0.39, 0.29) is 42.8 Å². The van der Waals surface area contributed by atoms with Gasteiger partial charge in [-0.3, -0.25) is 4.99 Å². The minimum Gasteiger partial charge on any atom is -0.434 e. The molecule has 144 valence electrons. The lowest BCUT2D eigenvalue weighted by molar-refractivity contribution is -0.0504. The number of para-hydroxylation sites is 1. The molecule has 0 aliphatic heterocycles. The van der Waals surface area contributed by atoms with Crippen molar-refractivity contribution in [3.8, 4) is 11.8 Å². The molecule has 2 aromatic carbocycles. The quantitative estimate of drug-likeness (QED) is 0.368. The Morgan fingerprint density at radius 2 is 1.81 bits per heavy atom. The summed E-state index contributed by atoms with van der Waals surface area (Å²) in [7, 11) is 1.53. The van der Waals surface area contributed by atoms with Crippen LogP contribution < -0.4 is 15.4 Å². The fraction of sp³-hybridized carbons (Fsp3) is 0.222. The van der Waals surface area contributed by atoms with E-state index in [0.717, 1.165) is 0 Å². The highest BCUT2D eigenvalue weighted by molar-refractivity contribution is 14.0. The van der Waals surface area contributed by atoms with Crippen LogP contribution in [0.4, 0.5) is 13.2 Å². The largest absolute Gasteiger partial charge is 0.434 e. The van der Waals surface area contributed by atoms with E-state index in [1.807, 2.05) is 6.07 Å². The Bertz CT molecular complexity index is 824. The van der Waals surface area contributed by atoms with Crippen LogP contribution in [0.3, 0.4) is 0 Å². The third-order valence-corrected chi connectivity index (χ3v) is 3.48. The number of hydrogen-bond donors (Lipinski definition) is 2. The van der Waals surface area contributed by atoms with Crippen LogP contribution in [0.2, 0.25) is 0 Å². The van der Waals surface area contributed by atoms with Crippen LogP contribution in [-0.4, -0.2) is 19.6 Å². The molecule has 0 fully saturated rings. The lowest BCUT2D eigenvalue weighted by Crippen LogP contribution is -2.36. The van der Waals surface area contributed by atoms with Crippen LogP contribution in [0.1, 0.15) is 16.7 Å². The monoisotopic (exact) mass is 490 g/mol. The Labute approximate surface area is 172 Å². The zero-order chi connectivity index (χ0) is 18.9. The molecular formula is C18H18F3IN4O. The second-order valence-electron chi connectivity index (χ2n) is 5.18. The van der Waals surface area contributed by atoms with Gasteiger partial charge in [-0.25, -0.2) is 4.39 Å². The number of aliphatic imine (C=N–C) groups is 1. The van der Waals surface area contributed by atoms with Crippen LogP contribution in [0.25, 0.3) is 0 Å². The molecular weight excluding hydrogens is 472 g/mol. The maximum absolute atomic E-state index is 13.8. The highest BCUT2D eigenvalue weighted by Crippen LogP contribution is 2.19. The highest BCUT2D eigenvalue weighted by atomic mass is 127. The van der Waals surface area contributed by atoms with Crippen molar-refractivity contribution in [3.63, 3.8) is 0 Å². The molecule has 27 heavy (non-hydrogen) atoms. The van der Waals surface area contributed by atoms with Gasteiger partial charge in [-0.15, -0.1) is 24.0 Å². The number of benzene rings is 2. The lowest BCUT2D eigenvalue weighted by Gasteiger charge is -2.14. The number of nitrogens with zero attached hydrogens (tertiary/aromatic N) is 2. The lowest BCUT2D eigenvalue weighted by atomic mass is 10.1. The number of ether oxygens (including phenoxy) is 1. The van der Waals surface area contributed by atoms with E-state index in [1.165, 1.54) is 31.3 Å². The number of halogens is 4. The van der Waals surface area contributed by atoms with Crippen LogP contribution in [0, 0.1) is 17.1 Å². The third kappa shape index (κ3) is 6.97. The summed E-state index contributed by atoms with van der Waals surface area (Å²) in [6.45, 7) is -2.62. The molecule has 0 aliphatic carbocycles. The van der Waals surface area contributed by atoms with Crippen LogP contribution in [0.15, 0.2) is 47.5 Å². The molecule has 2 rings (SSSR count). The molecule has 0 radical (unpaired) electrons. The summed E-state index contributed by atoms with van der Waals surface area (Å²) in [4.78, 5) is 4.00. The predicted octanol–water partition coefficient (Wildman–Crippen LogP) is 3.78. The molecule has 5 nitrogen and oxygen atoms in total. The predicted molar refractivity (Wildman–Crippen MR) is 107 cm³/mol. The first kappa shape index (κ1) is 22.6. The maximum Gasteiger partial charge on any atom is 0.387 e. The number of nitriles is 1. The summed E-state index contributed by atoms with van der Waals surface area (Å²) in [6.07, 6.45) is 0. The Morgan fingerprint density at radius 3 is 2.44 bits per heavy atom. The van der Waals surface area contributed by atoms with Crippen LogP contribution in [-0.2, 0) is 13.1 Å². The fourth-order valence-corrected chi connectivity index (χ4v) is 2.22. The number of alkyl halides is 2. The number of hydrogen-bond acceptors (Lipinski definition) is 3. The molecule has 9 heteroatoms.